The predicted molar refractivity (Wildman–Crippen MR) is 71.5 cm³/mol. The first-order valence-electron chi connectivity index (χ1n) is 5.93. The summed E-state index contributed by atoms with van der Waals surface area (Å²) >= 11 is 0. The second-order valence-electron chi connectivity index (χ2n) is 4.52. The van der Waals surface area contributed by atoms with Crippen molar-refractivity contribution in [1.29, 1.82) is 0 Å². The molecule has 1 aromatic carbocycles. The number of sulfonamides is 1. The topological polar surface area (TPSA) is 46.2 Å². The lowest BCUT2D eigenvalue weighted by atomic mass is 10.0. The fraction of sp³-hybridized carbons (Fsp3) is 0.538. The first kappa shape index (κ1) is 14.2. The third-order valence-corrected chi connectivity index (χ3v) is 4.39. The molecule has 0 aliphatic carbocycles. The van der Waals surface area contributed by atoms with Crippen LogP contribution in [0.1, 0.15) is 43.0 Å². The summed E-state index contributed by atoms with van der Waals surface area (Å²) in [6.45, 7) is 7.76. The van der Waals surface area contributed by atoms with Crippen molar-refractivity contribution in [3.05, 3.63) is 34.9 Å². The SMILES string of the molecule is CCCS(=O)(=O)NC(C)c1cc(C)ccc1C. The summed E-state index contributed by atoms with van der Waals surface area (Å²) in [6, 6.07) is 5.92. The first-order chi connectivity index (χ1) is 7.85. The van der Waals surface area contributed by atoms with E-state index in [9.17, 15) is 8.42 Å². The molecule has 1 aromatic rings. The van der Waals surface area contributed by atoms with Gasteiger partial charge in [0.1, 0.15) is 0 Å². The minimum atomic E-state index is -3.16. The van der Waals surface area contributed by atoms with Crippen molar-refractivity contribution >= 4 is 10.0 Å². The highest BCUT2D eigenvalue weighted by Crippen LogP contribution is 2.19. The molecular weight excluding hydrogens is 234 g/mol. The van der Waals surface area contributed by atoms with Crippen LogP contribution in [-0.4, -0.2) is 14.2 Å². The Morgan fingerprint density at radius 1 is 1.29 bits per heavy atom. The van der Waals surface area contributed by atoms with E-state index < -0.39 is 10.0 Å². The third kappa shape index (κ3) is 4.13. The van der Waals surface area contributed by atoms with E-state index >= 15 is 0 Å². The Balaban J connectivity index is 2.90. The van der Waals surface area contributed by atoms with Crippen LogP contribution in [0.2, 0.25) is 0 Å². The van der Waals surface area contributed by atoms with Crippen molar-refractivity contribution in [2.24, 2.45) is 0 Å². The highest BCUT2D eigenvalue weighted by molar-refractivity contribution is 7.89. The number of hydrogen-bond acceptors (Lipinski definition) is 2. The van der Waals surface area contributed by atoms with Crippen molar-refractivity contribution in [2.75, 3.05) is 5.75 Å². The van der Waals surface area contributed by atoms with Gasteiger partial charge in [0.15, 0.2) is 0 Å². The lowest BCUT2D eigenvalue weighted by Gasteiger charge is -2.17. The zero-order valence-electron chi connectivity index (χ0n) is 10.9. The van der Waals surface area contributed by atoms with Crippen LogP contribution < -0.4 is 4.72 Å². The Morgan fingerprint density at radius 3 is 2.53 bits per heavy atom. The van der Waals surface area contributed by atoms with Crippen LogP contribution in [-0.2, 0) is 10.0 Å². The van der Waals surface area contributed by atoms with E-state index in [0.29, 0.717) is 6.42 Å². The minimum absolute atomic E-state index is 0.175. The van der Waals surface area contributed by atoms with E-state index in [-0.39, 0.29) is 11.8 Å². The molecule has 0 aliphatic heterocycles. The van der Waals surface area contributed by atoms with Crippen LogP contribution in [0.3, 0.4) is 0 Å². The second kappa shape index (κ2) is 5.65. The van der Waals surface area contributed by atoms with Gasteiger partial charge in [0.25, 0.3) is 0 Å². The molecule has 0 spiro atoms. The van der Waals surface area contributed by atoms with E-state index in [1.807, 2.05) is 45.9 Å². The second-order valence-corrected chi connectivity index (χ2v) is 6.39. The van der Waals surface area contributed by atoms with Crippen molar-refractivity contribution in [1.82, 2.24) is 4.72 Å². The largest absolute Gasteiger partial charge is 0.212 e. The minimum Gasteiger partial charge on any atom is -0.212 e. The molecule has 0 saturated carbocycles. The van der Waals surface area contributed by atoms with E-state index in [2.05, 4.69) is 4.72 Å². The molecule has 3 nitrogen and oxygen atoms in total. The molecule has 17 heavy (non-hydrogen) atoms. The van der Waals surface area contributed by atoms with Gasteiger partial charge in [-0.05, 0) is 38.3 Å². The van der Waals surface area contributed by atoms with Gasteiger partial charge < -0.3 is 0 Å². The van der Waals surface area contributed by atoms with Crippen LogP contribution in [0, 0.1) is 13.8 Å². The van der Waals surface area contributed by atoms with Gasteiger partial charge in [0, 0.05) is 6.04 Å². The van der Waals surface area contributed by atoms with Crippen LogP contribution >= 0.6 is 0 Å². The van der Waals surface area contributed by atoms with E-state index in [1.165, 1.54) is 0 Å². The smallest absolute Gasteiger partial charge is 0.212 e. The number of aryl methyl sites for hydroxylation is 2. The molecule has 1 N–H and O–H groups in total. The maximum Gasteiger partial charge on any atom is 0.212 e. The van der Waals surface area contributed by atoms with Gasteiger partial charge in [-0.1, -0.05) is 30.7 Å². The Hall–Kier alpha value is -0.870. The zero-order chi connectivity index (χ0) is 13.1. The molecule has 0 fully saturated rings. The normalized spacial score (nSPS) is 13.6. The fourth-order valence-electron chi connectivity index (χ4n) is 1.89. The molecule has 0 amide bonds. The summed E-state index contributed by atoms with van der Waals surface area (Å²) in [5, 5.41) is 0. The van der Waals surface area contributed by atoms with Crippen molar-refractivity contribution in [3.63, 3.8) is 0 Å². The summed E-state index contributed by atoms with van der Waals surface area (Å²) in [5.41, 5.74) is 3.30. The molecule has 0 heterocycles. The van der Waals surface area contributed by atoms with Gasteiger partial charge in [-0.15, -0.1) is 0 Å². The van der Waals surface area contributed by atoms with Gasteiger partial charge in [-0.25, -0.2) is 13.1 Å². The monoisotopic (exact) mass is 255 g/mol. The summed E-state index contributed by atoms with van der Waals surface area (Å²) in [7, 11) is -3.16. The fourth-order valence-corrected chi connectivity index (χ4v) is 3.21. The van der Waals surface area contributed by atoms with E-state index in [4.69, 9.17) is 0 Å². The molecule has 0 saturated heterocycles. The summed E-state index contributed by atoms with van der Waals surface area (Å²) in [5.74, 6) is 0.183. The molecule has 1 rings (SSSR count). The number of nitrogens with one attached hydrogen (secondary N) is 1. The number of rotatable bonds is 5. The molecule has 0 aliphatic rings. The summed E-state index contributed by atoms with van der Waals surface area (Å²) < 4.78 is 26.1. The Morgan fingerprint density at radius 2 is 1.94 bits per heavy atom. The lowest BCUT2D eigenvalue weighted by molar-refractivity contribution is 0.565. The highest BCUT2D eigenvalue weighted by Gasteiger charge is 2.16. The first-order valence-corrected chi connectivity index (χ1v) is 7.58. The van der Waals surface area contributed by atoms with Crippen LogP contribution in [0.25, 0.3) is 0 Å². The molecule has 0 radical (unpaired) electrons. The van der Waals surface area contributed by atoms with Crippen LogP contribution in [0.5, 0.6) is 0 Å². The van der Waals surface area contributed by atoms with Gasteiger partial charge >= 0.3 is 0 Å². The Kier molecular flexibility index (Phi) is 4.71. The molecule has 0 bridgehead atoms. The average Bonchev–Trinajstić information content (AvgIpc) is 2.20. The molecule has 96 valence electrons. The summed E-state index contributed by atoms with van der Waals surface area (Å²) in [6.07, 6.45) is 0.634. The highest BCUT2D eigenvalue weighted by atomic mass is 32.2. The van der Waals surface area contributed by atoms with Crippen LogP contribution in [0.4, 0.5) is 0 Å². The van der Waals surface area contributed by atoms with Crippen molar-refractivity contribution in [3.8, 4) is 0 Å². The maximum absolute atomic E-state index is 11.7. The third-order valence-electron chi connectivity index (χ3n) is 2.73. The van der Waals surface area contributed by atoms with Gasteiger partial charge in [-0.3, -0.25) is 0 Å². The van der Waals surface area contributed by atoms with E-state index in [1.54, 1.807) is 0 Å². The number of hydrogen-bond donors (Lipinski definition) is 1. The molecule has 1 atom stereocenters. The van der Waals surface area contributed by atoms with Crippen molar-refractivity contribution in [2.45, 2.75) is 40.2 Å². The van der Waals surface area contributed by atoms with E-state index in [0.717, 1.165) is 16.7 Å². The Bertz CT molecular complexity index is 480. The van der Waals surface area contributed by atoms with Gasteiger partial charge in [0.05, 0.1) is 5.75 Å². The summed E-state index contributed by atoms with van der Waals surface area (Å²) in [4.78, 5) is 0. The lowest BCUT2D eigenvalue weighted by Crippen LogP contribution is -2.29. The molecular formula is C13H21NO2S. The molecule has 4 heteroatoms. The van der Waals surface area contributed by atoms with Crippen molar-refractivity contribution < 1.29 is 8.42 Å². The Labute approximate surface area is 104 Å². The molecule has 1 unspecified atom stereocenters. The standard InChI is InChI=1S/C13H21NO2S/c1-5-8-17(15,16)14-12(4)13-9-10(2)6-7-11(13)3/h6-7,9,12,14H,5,8H2,1-4H3. The number of benzene rings is 1. The zero-order valence-corrected chi connectivity index (χ0v) is 11.8. The van der Waals surface area contributed by atoms with Gasteiger partial charge in [0.2, 0.25) is 10.0 Å². The maximum atomic E-state index is 11.7. The molecule has 0 aromatic heterocycles. The predicted octanol–water partition coefficient (Wildman–Crippen LogP) is 2.69. The average molecular weight is 255 g/mol. The van der Waals surface area contributed by atoms with Gasteiger partial charge in [-0.2, -0.15) is 0 Å². The quantitative estimate of drug-likeness (QED) is 0.879. The van der Waals surface area contributed by atoms with Crippen LogP contribution in [0.15, 0.2) is 18.2 Å².